The van der Waals surface area contributed by atoms with Gasteiger partial charge in [-0.25, -0.2) is 0 Å². The molecule has 0 aliphatic heterocycles. The first kappa shape index (κ1) is 12.8. The first-order valence-corrected chi connectivity index (χ1v) is 9.15. The Balaban J connectivity index is 1.49. The normalized spacial score (nSPS) is 26.0. The summed E-state index contributed by atoms with van der Waals surface area (Å²) in [4.78, 5) is 0. The highest BCUT2D eigenvalue weighted by Crippen LogP contribution is 2.47. The van der Waals surface area contributed by atoms with E-state index in [0.717, 1.165) is 5.92 Å². The zero-order chi connectivity index (χ0) is 13.4. The molecule has 0 radical (unpaired) electrons. The van der Waals surface area contributed by atoms with Crippen molar-refractivity contribution in [2.75, 3.05) is 0 Å². The smallest absolute Gasteiger partial charge is 0.142 e. The second kappa shape index (κ2) is 5.49. The van der Waals surface area contributed by atoms with Crippen LogP contribution in [0.15, 0.2) is 34.7 Å². The van der Waals surface area contributed by atoms with Gasteiger partial charge in [-0.3, -0.25) is 0 Å². The first-order valence-electron chi connectivity index (χ1n) is 7.45. The van der Waals surface area contributed by atoms with Crippen LogP contribution in [0.2, 0.25) is 0 Å². The predicted octanol–water partition coefficient (Wildman–Crippen LogP) is 4.84. The van der Waals surface area contributed by atoms with E-state index in [-0.39, 0.29) is 0 Å². The monoisotopic (exact) mass is 302 g/mol. The highest BCUT2D eigenvalue weighted by molar-refractivity contribution is 8.01. The lowest BCUT2D eigenvalue weighted by Crippen LogP contribution is -2.07. The second-order valence-electron chi connectivity index (χ2n) is 5.78. The first-order chi connectivity index (χ1) is 9.90. The van der Waals surface area contributed by atoms with Gasteiger partial charge in [0.1, 0.15) is 5.01 Å². The average molecular weight is 302 g/mol. The van der Waals surface area contributed by atoms with Gasteiger partial charge in [-0.1, -0.05) is 59.9 Å². The van der Waals surface area contributed by atoms with Crippen molar-refractivity contribution in [3.05, 3.63) is 40.9 Å². The molecular weight excluding hydrogens is 284 g/mol. The number of hydrogen-bond donors (Lipinski definition) is 0. The van der Waals surface area contributed by atoms with Gasteiger partial charge < -0.3 is 0 Å². The van der Waals surface area contributed by atoms with E-state index in [4.69, 9.17) is 0 Å². The number of aromatic nitrogens is 2. The third-order valence-corrected chi connectivity index (χ3v) is 6.85. The molecule has 0 spiro atoms. The molecule has 4 heteroatoms. The topological polar surface area (TPSA) is 25.8 Å². The molecular formula is C16H18N2S2. The summed E-state index contributed by atoms with van der Waals surface area (Å²) in [5, 5.41) is 10.7. The van der Waals surface area contributed by atoms with Crippen LogP contribution in [0.4, 0.5) is 0 Å². The summed E-state index contributed by atoms with van der Waals surface area (Å²) in [7, 11) is 0. The molecule has 0 saturated heterocycles. The Morgan fingerprint density at radius 1 is 1.00 bits per heavy atom. The van der Waals surface area contributed by atoms with Crippen molar-refractivity contribution in [1.29, 1.82) is 0 Å². The summed E-state index contributed by atoms with van der Waals surface area (Å²) >= 11 is 3.79. The van der Waals surface area contributed by atoms with Crippen molar-refractivity contribution < 1.29 is 0 Å². The minimum Gasteiger partial charge on any atom is -0.142 e. The summed E-state index contributed by atoms with van der Waals surface area (Å²) in [6.45, 7) is 0. The van der Waals surface area contributed by atoms with E-state index >= 15 is 0 Å². The molecule has 0 bridgehead atoms. The van der Waals surface area contributed by atoms with Crippen LogP contribution < -0.4 is 0 Å². The Morgan fingerprint density at radius 3 is 2.65 bits per heavy atom. The molecule has 20 heavy (non-hydrogen) atoms. The minimum absolute atomic E-state index is 0.678. The number of nitrogens with zero attached hydrogens (tertiary/aromatic N) is 2. The molecule has 2 fully saturated rings. The Labute approximate surface area is 128 Å². The molecule has 2 aromatic rings. The molecule has 2 aliphatic rings. The number of rotatable bonds is 4. The largest absolute Gasteiger partial charge is 0.174 e. The fraction of sp³-hybridized carbons (Fsp3) is 0.500. The SMILES string of the molecule is c1ccc([C@@H]2CCC[C@H]2Sc2nnc(C3CC3)s2)cc1. The fourth-order valence-electron chi connectivity index (χ4n) is 3.04. The van der Waals surface area contributed by atoms with Crippen LogP contribution in [0.5, 0.6) is 0 Å². The van der Waals surface area contributed by atoms with Crippen molar-refractivity contribution in [3.63, 3.8) is 0 Å². The third kappa shape index (κ3) is 2.63. The molecule has 4 rings (SSSR count). The van der Waals surface area contributed by atoms with Gasteiger partial charge in [-0.2, -0.15) is 0 Å². The molecule has 2 nitrogen and oxygen atoms in total. The van der Waals surface area contributed by atoms with Gasteiger partial charge in [-0.15, -0.1) is 10.2 Å². The molecule has 1 heterocycles. The van der Waals surface area contributed by atoms with E-state index in [0.29, 0.717) is 11.2 Å². The lowest BCUT2D eigenvalue weighted by atomic mass is 9.98. The second-order valence-corrected chi connectivity index (χ2v) is 8.28. The van der Waals surface area contributed by atoms with Crippen LogP contribution in [-0.4, -0.2) is 15.4 Å². The average Bonchev–Trinajstić information content (AvgIpc) is 3.06. The molecule has 1 aromatic heterocycles. The van der Waals surface area contributed by atoms with E-state index in [1.165, 1.54) is 47.0 Å². The van der Waals surface area contributed by atoms with Crippen LogP contribution in [0, 0.1) is 0 Å². The van der Waals surface area contributed by atoms with Crippen molar-refractivity contribution in [2.24, 2.45) is 0 Å². The maximum Gasteiger partial charge on any atom is 0.174 e. The minimum atomic E-state index is 0.678. The molecule has 2 atom stereocenters. The molecule has 2 saturated carbocycles. The van der Waals surface area contributed by atoms with Crippen LogP contribution in [0.3, 0.4) is 0 Å². The summed E-state index contributed by atoms with van der Waals surface area (Å²) in [5.41, 5.74) is 1.49. The Bertz CT molecular complexity index is 577. The number of benzene rings is 1. The van der Waals surface area contributed by atoms with Gasteiger partial charge in [-0.05, 0) is 37.2 Å². The van der Waals surface area contributed by atoms with Gasteiger partial charge in [0, 0.05) is 11.2 Å². The van der Waals surface area contributed by atoms with Gasteiger partial charge >= 0.3 is 0 Å². The quantitative estimate of drug-likeness (QED) is 0.808. The van der Waals surface area contributed by atoms with Gasteiger partial charge in [0.25, 0.3) is 0 Å². The van der Waals surface area contributed by atoms with E-state index in [1.54, 1.807) is 0 Å². The summed E-state index contributed by atoms with van der Waals surface area (Å²) in [5.74, 6) is 1.42. The highest BCUT2D eigenvalue weighted by Gasteiger charge is 2.32. The fourth-order valence-corrected chi connectivity index (χ4v) is 5.69. The van der Waals surface area contributed by atoms with Gasteiger partial charge in [0.2, 0.25) is 0 Å². The van der Waals surface area contributed by atoms with Crippen molar-refractivity contribution in [1.82, 2.24) is 10.2 Å². The van der Waals surface area contributed by atoms with Crippen molar-refractivity contribution in [2.45, 2.75) is 53.5 Å². The van der Waals surface area contributed by atoms with Crippen molar-refractivity contribution >= 4 is 23.1 Å². The summed E-state index contributed by atoms with van der Waals surface area (Å²) in [6, 6.07) is 11.0. The summed E-state index contributed by atoms with van der Waals surface area (Å²) < 4.78 is 1.18. The van der Waals surface area contributed by atoms with Crippen LogP contribution in [-0.2, 0) is 0 Å². The van der Waals surface area contributed by atoms with Crippen LogP contribution in [0.1, 0.15) is 54.5 Å². The molecule has 1 aromatic carbocycles. The van der Waals surface area contributed by atoms with Gasteiger partial charge in [0.15, 0.2) is 4.34 Å². The maximum absolute atomic E-state index is 4.40. The van der Waals surface area contributed by atoms with Crippen LogP contribution >= 0.6 is 23.1 Å². The standard InChI is InChI=1S/C16H18N2S2/c1-2-5-11(6-3-1)13-7-4-8-14(13)19-16-18-17-15(20-16)12-9-10-12/h1-3,5-6,12-14H,4,7-10H2/t13-,14+/m0/s1. The molecule has 104 valence electrons. The van der Waals surface area contributed by atoms with Crippen LogP contribution in [0.25, 0.3) is 0 Å². The molecule has 0 N–H and O–H groups in total. The zero-order valence-corrected chi connectivity index (χ0v) is 13.0. The number of thioether (sulfide) groups is 1. The zero-order valence-electron chi connectivity index (χ0n) is 11.4. The molecule has 0 amide bonds. The lowest BCUT2D eigenvalue weighted by Gasteiger charge is -2.18. The molecule has 2 aliphatic carbocycles. The van der Waals surface area contributed by atoms with Crippen molar-refractivity contribution in [3.8, 4) is 0 Å². The lowest BCUT2D eigenvalue weighted by molar-refractivity contribution is 0.735. The van der Waals surface area contributed by atoms with Gasteiger partial charge in [0.05, 0.1) is 0 Å². The van der Waals surface area contributed by atoms with E-state index < -0.39 is 0 Å². The summed E-state index contributed by atoms with van der Waals surface area (Å²) in [6.07, 6.45) is 6.59. The Hall–Kier alpha value is -0.870. The number of hydrogen-bond acceptors (Lipinski definition) is 4. The van der Waals surface area contributed by atoms with E-state index in [2.05, 4.69) is 40.5 Å². The third-order valence-electron chi connectivity index (χ3n) is 4.28. The Morgan fingerprint density at radius 2 is 1.85 bits per heavy atom. The predicted molar refractivity (Wildman–Crippen MR) is 84.6 cm³/mol. The molecule has 0 unspecified atom stereocenters. The highest BCUT2D eigenvalue weighted by atomic mass is 32.2. The van der Waals surface area contributed by atoms with E-state index in [1.807, 2.05) is 23.1 Å². The Kier molecular flexibility index (Phi) is 3.52. The van der Waals surface area contributed by atoms with E-state index in [9.17, 15) is 0 Å². The maximum atomic E-state index is 4.40.